The van der Waals surface area contributed by atoms with Gasteiger partial charge in [-0.2, -0.15) is 0 Å². The van der Waals surface area contributed by atoms with E-state index in [1.165, 1.54) is 0 Å². The van der Waals surface area contributed by atoms with Crippen molar-refractivity contribution in [2.75, 3.05) is 19.7 Å². The van der Waals surface area contributed by atoms with Gasteiger partial charge < -0.3 is 9.64 Å². The van der Waals surface area contributed by atoms with Gasteiger partial charge in [0.25, 0.3) is 5.91 Å². The number of amides is 1. The molecule has 1 amide bonds. The minimum Gasteiger partial charge on any atom is -0.377 e. The first-order valence-corrected chi connectivity index (χ1v) is 7.74. The van der Waals surface area contributed by atoms with Crippen molar-refractivity contribution in [3.8, 4) is 0 Å². The van der Waals surface area contributed by atoms with E-state index in [-0.39, 0.29) is 17.4 Å². The molecular weight excluding hydrogens is 288 g/mol. The van der Waals surface area contributed by atoms with Gasteiger partial charge in [-0.3, -0.25) is 4.79 Å². The number of hydrogen-bond donors (Lipinski definition) is 0. The number of rotatable bonds is 1. The molecule has 0 radical (unpaired) electrons. The number of carbonyl (C=O) groups excluding carboxylic acids is 1. The van der Waals surface area contributed by atoms with Crippen LogP contribution < -0.4 is 0 Å². The molecular formula is C16H23ClN2O2. The molecule has 2 rings (SSSR count). The highest BCUT2D eigenvalue weighted by Crippen LogP contribution is 2.24. The number of hydrogen-bond acceptors (Lipinski definition) is 3. The van der Waals surface area contributed by atoms with Crippen LogP contribution in [0.3, 0.4) is 0 Å². The molecule has 5 heteroatoms. The van der Waals surface area contributed by atoms with Crippen LogP contribution in [0.25, 0.3) is 0 Å². The van der Waals surface area contributed by atoms with Crippen molar-refractivity contribution in [1.29, 1.82) is 0 Å². The van der Waals surface area contributed by atoms with Crippen molar-refractivity contribution in [1.82, 2.24) is 9.88 Å². The summed E-state index contributed by atoms with van der Waals surface area (Å²) in [5, 5.41) is 0.366. The van der Waals surface area contributed by atoms with Gasteiger partial charge in [0.1, 0.15) is 5.15 Å². The lowest BCUT2D eigenvalue weighted by atomic mass is 9.90. The number of halogens is 1. The normalized spacial score (nSPS) is 20.2. The molecule has 1 aromatic rings. The zero-order valence-electron chi connectivity index (χ0n) is 13.1. The van der Waals surface area contributed by atoms with Crippen molar-refractivity contribution in [2.24, 2.45) is 0 Å². The van der Waals surface area contributed by atoms with E-state index in [1.54, 1.807) is 6.07 Å². The Morgan fingerprint density at radius 1 is 1.43 bits per heavy atom. The van der Waals surface area contributed by atoms with Gasteiger partial charge in [0.05, 0.1) is 6.10 Å². The number of pyridine rings is 1. The maximum atomic E-state index is 12.7. The van der Waals surface area contributed by atoms with Gasteiger partial charge in [0.2, 0.25) is 0 Å². The molecule has 0 spiro atoms. The topological polar surface area (TPSA) is 42.4 Å². The molecule has 1 aromatic heterocycles. The summed E-state index contributed by atoms with van der Waals surface area (Å²) < 4.78 is 5.59. The number of nitrogens with zero attached hydrogens (tertiary/aromatic N) is 2. The third-order valence-corrected chi connectivity index (χ3v) is 3.74. The molecule has 1 fully saturated rings. The van der Waals surface area contributed by atoms with Crippen LogP contribution in [-0.2, 0) is 10.2 Å². The zero-order valence-corrected chi connectivity index (χ0v) is 13.9. The van der Waals surface area contributed by atoms with Gasteiger partial charge in [0.15, 0.2) is 0 Å². The van der Waals surface area contributed by atoms with E-state index >= 15 is 0 Å². The number of carbonyl (C=O) groups is 1. The molecule has 1 aliphatic heterocycles. The Balaban J connectivity index is 2.28. The lowest BCUT2D eigenvalue weighted by molar-refractivity contribution is 0.0562. The molecule has 1 unspecified atom stereocenters. The van der Waals surface area contributed by atoms with E-state index in [2.05, 4.69) is 25.8 Å². The van der Waals surface area contributed by atoms with Crippen LogP contribution in [0.5, 0.6) is 0 Å². The van der Waals surface area contributed by atoms with Crippen LogP contribution in [0.4, 0.5) is 0 Å². The molecule has 1 atom stereocenters. The smallest absolute Gasteiger partial charge is 0.254 e. The molecule has 0 N–H and O–H groups in total. The second-order valence-electron chi connectivity index (χ2n) is 6.60. The van der Waals surface area contributed by atoms with Crippen LogP contribution in [0.15, 0.2) is 12.1 Å². The highest BCUT2D eigenvalue weighted by atomic mass is 35.5. The van der Waals surface area contributed by atoms with Crippen molar-refractivity contribution in [2.45, 2.75) is 45.6 Å². The molecule has 116 valence electrons. The molecule has 0 aromatic carbocycles. The molecule has 4 nitrogen and oxygen atoms in total. The first-order valence-electron chi connectivity index (χ1n) is 7.36. The number of ether oxygens (including phenoxy) is 1. The minimum absolute atomic E-state index is 0.00199. The highest BCUT2D eigenvalue weighted by Gasteiger charge is 2.24. The second kappa shape index (κ2) is 6.32. The Kier molecular flexibility index (Phi) is 4.89. The molecule has 0 saturated carbocycles. The third-order valence-electron chi connectivity index (χ3n) is 3.55. The SMILES string of the molecule is CC1CN(C(=O)c2cc(Cl)nc(C(C)(C)C)c2)CCCO1. The Bertz CT molecular complexity index is 525. The first-order chi connectivity index (χ1) is 9.77. The largest absolute Gasteiger partial charge is 0.377 e. The Labute approximate surface area is 131 Å². The zero-order chi connectivity index (χ0) is 15.6. The van der Waals surface area contributed by atoms with E-state index in [9.17, 15) is 4.79 Å². The molecule has 0 aliphatic carbocycles. The minimum atomic E-state index is -0.144. The molecule has 21 heavy (non-hydrogen) atoms. The maximum Gasteiger partial charge on any atom is 0.254 e. The lowest BCUT2D eigenvalue weighted by Crippen LogP contribution is -2.36. The second-order valence-corrected chi connectivity index (χ2v) is 6.99. The van der Waals surface area contributed by atoms with E-state index in [0.29, 0.717) is 30.4 Å². The van der Waals surface area contributed by atoms with Gasteiger partial charge in [0, 0.05) is 36.4 Å². The van der Waals surface area contributed by atoms with Gasteiger partial charge in [-0.05, 0) is 25.5 Å². The summed E-state index contributed by atoms with van der Waals surface area (Å²) in [6.45, 7) is 10.2. The monoisotopic (exact) mass is 310 g/mol. The predicted octanol–water partition coefficient (Wildman–Crippen LogP) is 3.28. The van der Waals surface area contributed by atoms with E-state index < -0.39 is 0 Å². The fourth-order valence-corrected chi connectivity index (χ4v) is 2.57. The average molecular weight is 311 g/mol. The van der Waals surface area contributed by atoms with E-state index in [1.807, 2.05) is 17.9 Å². The van der Waals surface area contributed by atoms with Gasteiger partial charge in [-0.25, -0.2) is 4.98 Å². The van der Waals surface area contributed by atoms with Gasteiger partial charge >= 0.3 is 0 Å². The average Bonchev–Trinajstić information content (AvgIpc) is 2.61. The van der Waals surface area contributed by atoms with Crippen molar-refractivity contribution < 1.29 is 9.53 Å². The summed E-state index contributed by atoms with van der Waals surface area (Å²) >= 11 is 6.09. The quantitative estimate of drug-likeness (QED) is 0.748. The molecule has 0 bridgehead atoms. The summed E-state index contributed by atoms with van der Waals surface area (Å²) in [6.07, 6.45) is 0.928. The van der Waals surface area contributed by atoms with Crippen molar-refractivity contribution in [3.05, 3.63) is 28.5 Å². The summed E-state index contributed by atoms with van der Waals surface area (Å²) in [5.74, 6) is 0.00199. The van der Waals surface area contributed by atoms with Crippen molar-refractivity contribution >= 4 is 17.5 Å². The maximum absolute atomic E-state index is 12.7. The Hall–Kier alpha value is -1.13. The first kappa shape index (κ1) is 16.2. The third kappa shape index (κ3) is 4.17. The summed E-state index contributed by atoms with van der Waals surface area (Å²) in [4.78, 5) is 18.9. The summed E-state index contributed by atoms with van der Waals surface area (Å²) in [6, 6.07) is 3.50. The predicted molar refractivity (Wildman–Crippen MR) is 83.9 cm³/mol. The van der Waals surface area contributed by atoms with Crippen LogP contribution in [0.2, 0.25) is 5.15 Å². The Morgan fingerprint density at radius 3 is 2.81 bits per heavy atom. The van der Waals surface area contributed by atoms with Gasteiger partial charge in [-0.1, -0.05) is 32.4 Å². The Morgan fingerprint density at radius 2 is 2.14 bits per heavy atom. The summed E-state index contributed by atoms with van der Waals surface area (Å²) in [7, 11) is 0. The van der Waals surface area contributed by atoms with Crippen LogP contribution in [-0.4, -0.2) is 41.6 Å². The van der Waals surface area contributed by atoms with Gasteiger partial charge in [-0.15, -0.1) is 0 Å². The number of aromatic nitrogens is 1. The van der Waals surface area contributed by atoms with Crippen LogP contribution in [0.1, 0.15) is 50.2 Å². The molecule has 1 saturated heterocycles. The van der Waals surface area contributed by atoms with Crippen LogP contribution in [0, 0.1) is 0 Å². The highest BCUT2D eigenvalue weighted by molar-refractivity contribution is 6.29. The fourth-order valence-electron chi connectivity index (χ4n) is 2.37. The standard InChI is InChI=1S/C16H23ClN2O2/c1-11-10-19(6-5-7-21-11)15(20)12-8-13(16(2,3)4)18-14(17)9-12/h8-9,11H,5-7,10H2,1-4H3. The summed E-state index contributed by atoms with van der Waals surface area (Å²) in [5.41, 5.74) is 1.29. The van der Waals surface area contributed by atoms with Crippen molar-refractivity contribution in [3.63, 3.8) is 0 Å². The molecule has 2 heterocycles. The lowest BCUT2D eigenvalue weighted by Gasteiger charge is -2.24. The van der Waals surface area contributed by atoms with Crippen LogP contribution >= 0.6 is 11.6 Å². The fraction of sp³-hybridized carbons (Fsp3) is 0.625. The van der Waals surface area contributed by atoms with E-state index in [4.69, 9.17) is 16.3 Å². The molecule has 1 aliphatic rings. The van der Waals surface area contributed by atoms with E-state index in [0.717, 1.165) is 12.1 Å².